The fraction of sp³-hybridized carbons (Fsp3) is 1.00. The molecule has 1 aliphatic rings. The maximum absolute atomic E-state index is 8.92. The minimum absolute atomic E-state index is 0.0120. The summed E-state index contributed by atoms with van der Waals surface area (Å²) in [5.74, 6) is 0. The molecule has 0 bridgehead atoms. The Labute approximate surface area is 74.3 Å². The summed E-state index contributed by atoms with van der Waals surface area (Å²) in [7, 11) is 0. The zero-order valence-corrected chi connectivity index (χ0v) is 8.21. The lowest BCUT2D eigenvalue weighted by Crippen LogP contribution is -2.52. The SMILES string of the molecule is CC(C)(C)N1CCOC(CO)C1. The number of nitrogens with zero attached hydrogens (tertiary/aromatic N) is 1. The molecule has 0 aromatic rings. The number of hydrogen-bond donors (Lipinski definition) is 1. The third-order valence-electron chi connectivity index (χ3n) is 2.29. The average Bonchev–Trinajstić information content (AvgIpc) is 2.03. The van der Waals surface area contributed by atoms with Gasteiger partial charge in [-0.05, 0) is 20.8 Å². The van der Waals surface area contributed by atoms with Crippen molar-refractivity contribution in [1.29, 1.82) is 0 Å². The number of ether oxygens (including phenoxy) is 1. The molecule has 1 atom stereocenters. The summed E-state index contributed by atoms with van der Waals surface area (Å²) in [5, 5.41) is 8.92. The van der Waals surface area contributed by atoms with Gasteiger partial charge in [0.1, 0.15) is 0 Å². The molecular formula is C9H19NO2. The summed E-state index contributed by atoms with van der Waals surface area (Å²) in [6.07, 6.45) is 0.0120. The lowest BCUT2D eigenvalue weighted by atomic mass is 10.0. The van der Waals surface area contributed by atoms with Gasteiger partial charge in [0.15, 0.2) is 0 Å². The van der Waals surface area contributed by atoms with Crippen molar-refractivity contribution in [2.45, 2.75) is 32.4 Å². The van der Waals surface area contributed by atoms with Gasteiger partial charge in [0.25, 0.3) is 0 Å². The van der Waals surface area contributed by atoms with Gasteiger partial charge in [-0.25, -0.2) is 0 Å². The van der Waals surface area contributed by atoms with Crippen LogP contribution in [0.25, 0.3) is 0 Å². The predicted molar refractivity (Wildman–Crippen MR) is 48.2 cm³/mol. The molecule has 0 spiro atoms. The highest BCUT2D eigenvalue weighted by Crippen LogP contribution is 2.16. The van der Waals surface area contributed by atoms with Crippen LogP contribution in [-0.4, -0.2) is 48.0 Å². The van der Waals surface area contributed by atoms with E-state index in [1.54, 1.807) is 0 Å². The third-order valence-corrected chi connectivity index (χ3v) is 2.29. The smallest absolute Gasteiger partial charge is 0.0933 e. The van der Waals surface area contributed by atoms with Crippen LogP contribution >= 0.6 is 0 Å². The second-order valence-electron chi connectivity index (χ2n) is 4.29. The second kappa shape index (κ2) is 3.73. The van der Waals surface area contributed by atoms with Crippen LogP contribution in [0.1, 0.15) is 20.8 Å². The molecule has 12 heavy (non-hydrogen) atoms. The fourth-order valence-corrected chi connectivity index (χ4v) is 1.44. The standard InChI is InChI=1S/C9H19NO2/c1-9(2,3)10-4-5-12-8(6-10)7-11/h8,11H,4-7H2,1-3H3. The number of rotatable bonds is 1. The minimum atomic E-state index is 0.0120. The van der Waals surface area contributed by atoms with Crippen LogP contribution in [0, 0.1) is 0 Å². The van der Waals surface area contributed by atoms with E-state index in [9.17, 15) is 0 Å². The molecule has 0 aliphatic carbocycles. The quantitative estimate of drug-likeness (QED) is 0.626. The van der Waals surface area contributed by atoms with Crippen LogP contribution in [0.4, 0.5) is 0 Å². The largest absolute Gasteiger partial charge is 0.394 e. The van der Waals surface area contributed by atoms with E-state index in [4.69, 9.17) is 9.84 Å². The summed E-state index contributed by atoms with van der Waals surface area (Å²) in [4.78, 5) is 2.34. The normalized spacial score (nSPS) is 27.5. The third kappa shape index (κ3) is 2.44. The molecule has 1 unspecified atom stereocenters. The highest BCUT2D eigenvalue weighted by molar-refractivity contribution is 4.81. The molecule has 3 nitrogen and oxygen atoms in total. The zero-order valence-electron chi connectivity index (χ0n) is 8.21. The second-order valence-corrected chi connectivity index (χ2v) is 4.29. The summed E-state index contributed by atoms with van der Waals surface area (Å²) >= 11 is 0. The van der Waals surface area contributed by atoms with Gasteiger partial charge < -0.3 is 9.84 Å². The van der Waals surface area contributed by atoms with Gasteiger partial charge in [-0.3, -0.25) is 4.90 Å². The van der Waals surface area contributed by atoms with E-state index in [0.717, 1.165) is 19.7 Å². The van der Waals surface area contributed by atoms with Crippen LogP contribution in [0.3, 0.4) is 0 Å². The maximum Gasteiger partial charge on any atom is 0.0933 e. The van der Waals surface area contributed by atoms with Gasteiger partial charge in [-0.1, -0.05) is 0 Å². The van der Waals surface area contributed by atoms with E-state index >= 15 is 0 Å². The summed E-state index contributed by atoms with van der Waals surface area (Å²) in [5.41, 5.74) is 0.192. The van der Waals surface area contributed by atoms with Crippen molar-refractivity contribution in [3.05, 3.63) is 0 Å². The Bertz CT molecular complexity index is 142. The Morgan fingerprint density at radius 1 is 1.50 bits per heavy atom. The summed E-state index contributed by atoms with van der Waals surface area (Å²) in [6, 6.07) is 0. The van der Waals surface area contributed by atoms with Gasteiger partial charge in [-0.2, -0.15) is 0 Å². The lowest BCUT2D eigenvalue weighted by molar-refractivity contribution is -0.0767. The van der Waals surface area contributed by atoms with E-state index in [0.29, 0.717) is 0 Å². The van der Waals surface area contributed by atoms with E-state index in [1.807, 2.05) is 0 Å². The molecule has 1 fully saturated rings. The van der Waals surface area contributed by atoms with Crippen molar-refractivity contribution in [3.63, 3.8) is 0 Å². The molecule has 1 heterocycles. The first-order valence-corrected chi connectivity index (χ1v) is 4.51. The van der Waals surface area contributed by atoms with Gasteiger partial charge in [0, 0.05) is 18.6 Å². The molecule has 1 N–H and O–H groups in total. The highest BCUT2D eigenvalue weighted by Gasteiger charge is 2.27. The van der Waals surface area contributed by atoms with Crippen LogP contribution in [-0.2, 0) is 4.74 Å². The molecule has 0 aromatic carbocycles. The van der Waals surface area contributed by atoms with E-state index in [-0.39, 0.29) is 18.2 Å². The van der Waals surface area contributed by atoms with Crippen molar-refractivity contribution in [3.8, 4) is 0 Å². The molecule has 0 amide bonds. The summed E-state index contributed by atoms with van der Waals surface area (Å²) < 4.78 is 5.36. The highest BCUT2D eigenvalue weighted by atomic mass is 16.5. The molecule has 0 radical (unpaired) electrons. The number of aliphatic hydroxyl groups is 1. The molecule has 72 valence electrons. The Balaban J connectivity index is 2.46. The molecule has 1 saturated heterocycles. The minimum Gasteiger partial charge on any atom is -0.394 e. The van der Waals surface area contributed by atoms with Crippen molar-refractivity contribution < 1.29 is 9.84 Å². The molecule has 1 aliphatic heterocycles. The average molecular weight is 173 g/mol. The van der Waals surface area contributed by atoms with E-state index in [2.05, 4.69) is 25.7 Å². The molecular weight excluding hydrogens is 154 g/mol. The van der Waals surface area contributed by atoms with Crippen molar-refractivity contribution in [2.24, 2.45) is 0 Å². The first-order valence-electron chi connectivity index (χ1n) is 4.51. The first-order chi connectivity index (χ1) is 5.54. The van der Waals surface area contributed by atoms with Gasteiger partial charge in [-0.15, -0.1) is 0 Å². The lowest BCUT2D eigenvalue weighted by Gasteiger charge is -2.41. The summed E-state index contributed by atoms with van der Waals surface area (Å²) in [6.45, 7) is 9.25. The number of morpholine rings is 1. The monoisotopic (exact) mass is 173 g/mol. The fourth-order valence-electron chi connectivity index (χ4n) is 1.44. The van der Waals surface area contributed by atoms with Crippen LogP contribution in [0.5, 0.6) is 0 Å². The first kappa shape index (κ1) is 9.96. The number of aliphatic hydroxyl groups excluding tert-OH is 1. The molecule has 0 aromatic heterocycles. The Morgan fingerprint density at radius 2 is 2.17 bits per heavy atom. The van der Waals surface area contributed by atoms with Crippen molar-refractivity contribution >= 4 is 0 Å². The van der Waals surface area contributed by atoms with E-state index < -0.39 is 0 Å². The van der Waals surface area contributed by atoms with Crippen LogP contribution in [0.15, 0.2) is 0 Å². The van der Waals surface area contributed by atoms with Gasteiger partial charge in [0.2, 0.25) is 0 Å². The predicted octanol–water partition coefficient (Wildman–Crippen LogP) is 0.478. The number of hydrogen-bond acceptors (Lipinski definition) is 3. The zero-order chi connectivity index (χ0) is 9.19. The molecule has 3 heteroatoms. The molecule has 1 rings (SSSR count). The Hall–Kier alpha value is -0.120. The Kier molecular flexibility index (Phi) is 3.09. The van der Waals surface area contributed by atoms with Crippen LogP contribution in [0.2, 0.25) is 0 Å². The van der Waals surface area contributed by atoms with Crippen LogP contribution < -0.4 is 0 Å². The Morgan fingerprint density at radius 3 is 2.67 bits per heavy atom. The van der Waals surface area contributed by atoms with Crippen molar-refractivity contribution in [2.75, 3.05) is 26.3 Å². The van der Waals surface area contributed by atoms with Gasteiger partial charge in [0.05, 0.1) is 19.3 Å². The maximum atomic E-state index is 8.92. The molecule has 0 saturated carbocycles. The van der Waals surface area contributed by atoms with Crippen molar-refractivity contribution in [1.82, 2.24) is 4.90 Å². The van der Waals surface area contributed by atoms with Gasteiger partial charge >= 0.3 is 0 Å². The van der Waals surface area contributed by atoms with E-state index in [1.165, 1.54) is 0 Å². The topological polar surface area (TPSA) is 32.7 Å².